The van der Waals surface area contributed by atoms with E-state index in [1.165, 1.54) is 17.8 Å². The van der Waals surface area contributed by atoms with Crippen LogP contribution in [0.4, 0.5) is 8.78 Å². The number of hydrogen-bond donors (Lipinski definition) is 0. The van der Waals surface area contributed by atoms with Crippen molar-refractivity contribution >= 4 is 31.0 Å². The van der Waals surface area contributed by atoms with Gasteiger partial charge in [-0.05, 0) is 68.7 Å². The third-order valence-electron chi connectivity index (χ3n) is 6.88. The molecule has 0 radical (unpaired) electrons. The van der Waals surface area contributed by atoms with Crippen LogP contribution in [0.3, 0.4) is 0 Å². The van der Waals surface area contributed by atoms with Gasteiger partial charge in [0, 0.05) is 28.5 Å². The molecule has 1 fully saturated rings. The first-order valence-electron chi connectivity index (χ1n) is 12.2. The molecule has 0 saturated carbocycles. The average molecular weight is 561 g/mol. The lowest BCUT2D eigenvalue weighted by Crippen LogP contribution is -2.55. The standard InChI is InChI=1S/C26H32ClF2O5PS/c1-3-33-35(30,34-4-2)17-36-14-11-23-20-16-32-25-22(29)10-9-21(28)24(25)26(20,12-13-31-23)15-18-5-7-19(27)8-6-18/h5-10,20,23H,3-4,11-17H2,1-2H3/t20-,23-,26-/m0/s1. The quantitative estimate of drug-likeness (QED) is 0.213. The van der Waals surface area contributed by atoms with Crippen LogP contribution in [0.2, 0.25) is 5.02 Å². The summed E-state index contributed by atoms with van der Waals surface area (Å²) in [6.45, 7) is 4.86. The third-order valence-corrected chi connectivity index (χ3v) is 11.0. The first-order chi connectivity index (χ1) is 17.3. The Morgan fingerprint density at radius 2 is 1.81 bits per heavy atom. The SMILES string of the molecule is CCOP(=O)(CSCC[C@@H]1OCC[C@@]2(Cc3ccc(Cl)cc3)c3c(F)ccc(F)c3OC[C@@H]12)OCC. The molecule has 0 spiro atoms. The van der Waals surface area contributed by atoms with Crippen molar-refractivity contribution in [3.8, 4) is 5.75 Å². The normalized spacial score (nSPS) is 23.6. The fourth-order valence-corrected chi connectivity index (χ4v) is 8.77. The Morgan fingerprint density at radius 3 is 2.50 bits per heavy atom. The van der Waals surface area contributed by atoms with Crippen LogP contribution >= 0.6 is 31.0 Å². The molecule has 198 valence electrons. The first kappa shape index (κ1) is 27.9. The van der Waals surface area contributed by atoms with Gasteiger partial charge in [-0.15, -0.1) is 11.8 Å². The first-order valence-corrected chi connectivity index (χ1v) is 15.5. The van der Waals surface area contributed by atoms with Crippen LogP contribution in [0.5, 0.6) is 5.75 Å². The summed E-state index contributed by atoms with van der Waals surface area (Å²) >= 11 is 7.58. The van der Waals surface area contributed by atoms with E-state index >= 15 is 4.39 Å². The fourth-order valence-electron chi connectivity index (χ4n) is 5.38. The van der Waals surface area contributed by atoms with E-state index in [4.69, 9.17) is 30.1 Å². The molecular weight excluding hydrogens is 529 g/mol. The van der Waals surface area contributed by atoms with Crippen LogP contribution in [-0.4, -0.2) is 43.8 Å². The maximum atomic E-state index is 15.4. The van der Waals surface area contributed by atoms with Gasteiger partial charge in [0.1, 0.15) is 5.82 Å². The van der Waals surface area contributed by atoms with E-state index in [2.05, 4.69) is 0 Å². The van der Waals surface area contributed by atoms with Gasteiger partial charge in [0.15, 0.2) is 11.6 Å². The zero-order chi connectivity index (χ0) is 25.8. The molecule has 2 heterocycles. The monoisotopic (exact) mass is 560 g/mol. The predicted molar refractivity (Wildman–Crippen MR) is 139 cm³/mol. The number of benzene rings is 2. The smallest absolute Gasteiger partial charge is 0.340 e. The second-order valence-electron chi connectivity index (χ2n) is 9.04. The molecule has 0 amide bonds. The lowest BCUT2D eigenvalue weighted by atomic mass is 9.60. The van der Waals surface area contributed by atoms with Crippen LogP contribution in [0.15, 0.2) is 36.4 Å². The van der Waals surface area contributed by atoms with Crippen molar-refractivity contribution in [2.24, 2.45) is 5.92 Å². The molecule has 2 aliphatic heterocycles. The van der Waals surface area contributed by atoms with Crippen LogP contribution in [-0.2, 0) is 30.2 Å². The second kappa shape index (κ2) is 12.1. The Balaban J connectivity index is 1.58. The van der Waals surface area contributed by atoms with Gasteiger partial charge in [-0.25, -0.2) is 8.78 Å². The summed E-state index contributed by atoms with van der Waals surface area (Å²) in [6.07, 6.45) is 1.48. The Morgan fingerprint density at radius 1 is 1.11 bits per heavy atom. The molecule has 36 heavy (non-hydrogen) atoms. The van der Waals surface area contributed by atoms with Crippen molar-refractivity contribution in [1.29, 1.82) is 0 Å². The van der Waals surface area contributed by atoms with Crippen LogP contribution < -0.4 is 4.74 Å². The lowest BCUT2D eigenvalue weighted by molar-refractivity contribution is -0.0961. The molecule has 2 aliphatic rings. The van der Waals surface area contributed by atoms with Gasteiger partial charge in [0.25, 0.3) is 0 Å². The summed E-state index contributed by atoms with van der Waals surface area (Å²) in [7, 11) is -3.14. The molecule has 0 aliphatic carbocycles. The van der Waals surface area contributed by atoms with E-state index in [-0.39, 0.29) is 29.9 Å². The van der Waals surface area contributed by atoms with Gasteiger partial charge in [0.2, 0.25) is 0 Å². The van der Waals surface area contributed by atoms with Crippen molar-refractivity contribution < 1.29 is 31.9 Å². The molecule has 0 unspecified atom stereocenters. The summed E-state index contributed by atoms with van der Waals surface area (Å²) in [5.41, 5.74) is 0.853. The van der Waals surface area contributed by atoms with Crippen molar-refractivity contribution in [2.45, 2.75) is 44.6 Å². The molecule has 0 aromatic heterocycles. The molecule has 10 heteroatoms. The highest BCUT2D eigenvalue weighted by atomic mass is 35.5. The highest BCUT2D eigenvalue weighted by Gasteiger charge is 2.53. The number of halogens is 3. The van der Waals surface area contributed by atoms with E-state index in [0.29, 0.717) is 55.4 Å². The Hall–Kier alpha value is -1.15. The topological polar surface area (TPSA) is 54.0 Å². The van der Waals surface area contributed by atoms with Gasteiger partial charge in [-0.3, -0.25) is 4.57 Å². The molecule has 2 aromatic carbocycles. The van der Waals surface area contributed by atoms with E-state index < -0.39 is 24.6 Å². The lowest BCUT2D eigenvalue weighted by Gasteiger charge is -2.51. The minimum atomic E-state index is -3.14. The molecular formula is C26H32ClF2O5PS. The van der Waals surface area contributed by atoms with Crippen molar-refractivity contribution in [2.75, 3.05) is 37.7 Å². The van der Waals surface area contributed by atoms with E-state index in [1.54, 1.807) is 13.8 Å². The van der Waals surface area contributed by atoms with Gasteiger partial charge in [0.05, 0.1) is 31.4 Å². The van der Waals surface area contributed by atoms with Crippen LogP contribution in [0.1, 0.15) is 37.8 Å². The third kappa shape index (κ3) is 5.95. The summed E-state index contributed by atoms with van der Waals surface area (Å²) in [4.78, 5) is 0. The Bertz CT molecular complexity index is 1080. The number of fused-ring (bicyclic) bond motifs is 3. The van der Waals surface area contributed by atoms with E-state index in [1.807, 2.05) is 24.3 Å². The van der Waals surface area contributed by atoms with Crippen molar-refractivity contribution in [3.63, 3.8) is 0 Å². The molecule has 1 saturated heterocycles. The number of ether oxygens (including phenoxy) is 2. The molecule has 0 bridgehead atoms. The van der Waals surface area contributed by atoms with Crippen molar-refractivity contribution in [1.82, 2.24) is 0 Å². The highest BCUT2D eigenvalue weighted by Crippen LogP contribution is 2.54. The maximum Gasteiger partial charge on any atom is 0.340 e. The Labute approximate surface area is 220 Å². The van der Waals surface area contributed by atoms with E-state index in [0.717, 1.165) is 11.6 Å². The van der Waals surface area contributed by atoms with Gasteiger partial charge in [-0.2, -0.15) is 0 Å². The average Bonchev–Trinajstić information content (AvgIpc) is 2.85. The van der Waals surface area contributed by atoms with Gasteiger partial charge >= 0.3 is 7.60 Å². The zero-order valence-electron chi connectivity index (χ0n) is 20.5. The molecule has 4 rings (SSSR count). The van der Waals surface area contributed by atoms with Crippen molar-refractivity contribution in [3.05, 3.63) is 64.2 Å². The fraction of sp³-hybridized carbons (Fsp3) is 0.538. The maximum absolute atomic E-state index is 15.4. The summed E-state index contributed by atoms with van der Waals surface area (Å²) in [6, 6.07) is 9.79. The Kier molecular flexibility index (Phi) is 9.40. The zero-order valence-corrected chi connectivity index (χ0v) is 23.0. The largest absolute Gasteiger partial charge is 0.490 e. The summed E-state index contributed by atoms with van der Waals surface area (Å²) < 4.78 is 65.7. The molecule has 2 aromatic rings. The number of rotatable bonds is 11. The summed E-state index contributed by atoms with van der Waals surface area (Å²) in [5.74, 6) is -0.543. The molecule has 5 nitrogen and oxygen atoms in total. The molecule has 3 atom stereocenters. The number of hydrogen-bond acceptors (Lipinski definition) is 6. The van der Waals surface area contributed by atoms with Gasteiger partial charge in [-0.1, -0.05) is 23.7 Å². The highest BCUT2D eigenvalue weighted by molar-refractivity contribution is 8.04. The van der Waals surface area contributed by atoms with Crippen LogP contribution in [0, 0.1) is 17.6 Å². The molecule has 0 N–H and O–H groups in total. The minimum Gasteiger partial charge on any atom is -0.490 e. The summed E-state index contributed by atoms with van der Waals surface area (Å²) in [5, 5.41) is 0.621. The predicted octanol–water partition coefficient (Wildman–Crippen LogP) is 7.24. The van der Waals surface area contributed by atoms with Crippen LogP contribution in [0.25, 0.3) is 0 Å². The number of thioether (sulfide) groups is 1. The van der Waals surface area contributed by atoms with E-state index in [9.17, 15) is 8.96 Å². The minimum absolute atomic E-state index is 0.00426. The van der Waals surface area contributed by atoms with Gasteiger partial charge < -0.3 is 18.5 Å². The second-order valence-corrected chi connectivity index (χ2v) is 13.1.